The van der Waals surface area contributed by atoms with Gasteiger partial charge in [0, 0.05) is 29.6 Å². The molecule has 3 aromatic rings. The van der Waals surface area contributed by atoms with E-state index in [1.165, 1.54) is 0 Å². The van der Waals surface area contributed by atoms with Gasteiger partial charge in [-0.15, -0.1) is 0 Å². The molecule has 0 atom stereocenters. The average molecular weight is 475 g/mol. The third-order valence-electron chi connectivity index (χ3n) is 5.87. The van der Waals surface area contributed by atoms with Crippen LogP contribution in [0.4, 0.5) is 5.69 Å². The summed E-state index contributed by atoms with van der Waals surface area (Å²) in [6, 6.07) is 13.3. The first-order valence-corrected chi connectivity index (χ1v) is 11.6. The standard InChI is InChI=1S/C27H30N4O4/c1-15(2)34-20-11-13-21-18(14-20)8-12-22-24(31-35-25(21)22)27(33)30-23(17(4)28-5)26(32)29-19-9-6-16(3)7-10-19/h6-7,9-11,13-15,28H,8,12H2,1-5H3,(H,29,32)(H,30,33)/b23-17+. The van der Waals surface area contributed by atoms with Gasteiger partial charge < -0.3 is 25.2 Å². The predicted octanol–water partition coefficient (Wildman–Crippen LogP) is 4.36. The highest BCUT2D eigenvalue weighted by molar-refractivity contribution is 6.08. The number of allylic oxidation sites excluding steroid dienone is 1. The van der Waals surface area contributed by atoms with Gasteiger partial charge in [-0.25, -0.2) is 0 Å². The van der Waals surface area contributed by atoms with Gasteiger partial charge in [0.1, 0.15) is 11.4 Å². The Morgan fingerprint density at radius 3 is 2.51 bits per heavy atom. The van der Waals surface area contributed by atoms with E-state index in [2.05, 4.69) is 21.1 Å². The van der Waals surface area contributed by atoms with Crippen molar-refractivity contribution in [1.29, 1.82) is 0 Å². The molecule has 0 aliphatic heterocycles. The number of nitrogens with one attached hydrogen (secondary N) is 3. The maximum absolute atomic E-state index is 13.2. The van der Waals surface area contributed by atoms with E-state index in [0.717, 1.165) is 34.4 Å². The molecule has 2 aromatic carbocycles. The van der Waals surface area contributed by atoms with Crippen LogP contribution in [0.15, 0.2) is 58.4 Å². The van der Waals surface area contributed by atoms with Crippen molar-refractivity contribution in [1.82, 2.24) is 15.8 Å². The molecule has 1 aliphatic carbocycles. The van der Waals surface area contributed by atoms with E-state index in [1.54, 1.807) is 14.0 Å². The van der Waals surface area contributed by atoms with E-state index in [1.807, 2.05) is 63.2 Å². The number of carbonyl (C=O) groups excluding carboxylic acids is 2. The van der Waals surface area contributed by atoms with Gasteiger partial charge in [0.15, 0.2) is 11.5 Å². The second-order valence-corrected chi connectivity index (χ2v) is 8.85. The summed E-state index contributed by atoms with van der Waals surface area (Å²) < 4.78 is 11.4. The van der Waals surface area contributed by atoms with Crippen LogP contribution in [0.25, 0.3) is 11.3 Å². The fourth-order valence-electron chi connectivity index (χ4n) is 3.98. The minimum absolute atomic E-state index is 0.0827. The maximum atomic E-state index is 13.2. The number of nitrogens with zero attached hydrogens (tertiary/aromatic N) is 1. The van der Waals surface area contributed by atoms with E-state index >= 15 is 0 Å². The third kappa shape index (κ3) is 5.21. The van der Waals surface area contributed by atoms with Gasteiger partial charge in [-0.3, -0.25) is 9.59 Å². The van der Waals surface area contributed by atoms with Crippen LogP contribution in [0.5, 0.6) is 5.75 Å². The molecule has 182 valence electrons. The molecule has 3 N–H and O–H groups in total. The Bertz CT molecular complexity index is 1290. The van der Waals surface area contributed by atoms with Crippen LogP contribution in [0.1, 0.15) is 48.0 Å². The van der Waals surface area contributed by atoms with Crippen LogP contribution in [0, 0.1) is 6.92 Å². The monoisotopic (exact) mass is 474 g/mol. The molecular formula is C27H30N4O4. The van der Waals surface area contributed by atoms with E-state index < -0.39 is 11.8 Å². The van der Waals surface area contributed by atoms with Gasteiger partial charge >= 0.3 is 0 Å². The lowest BCUT2D eigenvalue weighted by Gasteiger charge is -2.18. The van der Waals surface area contributed by atoms with E-state index in [4.69, 9.17) is 9.26 Å². The lowest BCUT2D eigenvalue weighted by Crippen LogP contribution is -2.34. The van der Waals surface area contributed by atoms with Gasteiger partial charge in [0.25, 0.3) is 11.8 Å². The van der Waals surface area contributed by atoms with Gasteiger partial charge in [-0.05, 0) is 76.4 Å². The zero-order chi connectivity index (χ0) is 25.1. The highest BCUT2D eigenvalue weighted by Gasteiger charge is 2.29. The third-order valence-corrected chi connectivity index (χ3v) is 5.87. The molecule has 0 radical (unpaired) electrons. The number of ether oxygens (including phenoxy) is 1. The lowest BCUT2D eigenvalue weighted by molar-refractivity contribution is -0.113. The largest absolute Gasteiger partial charge is 0.491 e. The molecule has 0 fully saturated rings. The first kappa shape index (κ1) is 24.1. The first-order valence-electron chi connectivity index (χ1n) is 11.6. The Hall–Kier alpha value is -4.07. The molecular weight excluding hydrogens is 444 g/mol. The minimum atomic E-state index is -0.498. The Morgan fingerprint density at radius 2 is 1.83 bits per heavy atom. The molecule has 8 nitrogen and oxygen atoms in total. The van der Waals surface area contributed by atoms with E-state index in [0.29, 0.717) is 23.6 Å². The summed E-state index contributed by atoms with van der Waals surface area (Å²) in [5.41, 5.74) is 5.23. The number of benzene rings is 2. The Labute approximate surface area is 204 Å². The molecule has 1 aromatic heterocycles. The molecule has 4 rings (SSSR count). The van der Waals surface area contributed by atoms with Crippen molar-refractivity contribution >= 4 is 17.5 Å². The second kappa shape index (κ2) is 10.0. The average Bonchev–Trinajstić information content (AvgIpc) is 3.27. The summed E-state index contributed by atoms with van der Waals surface area (Å²) in [6.07, 6.45) is 1.41. The van der Waals surface area contributed by atoms with Gasteiger partial charge in [-0.1, -0.05) is 22.9 Å². The Balaban J connectivity index is 1.56. The number of fused-ring (bicyclic) bond motifs is 3. The zero-order valence-corrected chi connectivity index (χ0v) is 20.6. The van der Waals surface area contributed by atoms with E-state index in [-0.39, 0.29) is 17.5 Å². The summed E-state index contributed by atoms with van der Waals surface area (Å²) in [7, 11) is 1.69. The van der Waals surface area contributed by atoms with Crippen molar-refractivity contribution < 1.29 is 18.8 Å². The smallest absolute Gasteiger partial charge is 0.278 e. The van der Waals surface area contributed by atoms with Crippen LogP contribution in [0.2, 0.25) is 0 Å². The number of aromatic nitrogens is 1. The van der Waals surface area contributed by atoms with Crippen LogP contribution >= 0.6 is 0 Å². The van der Waals surface area contributed by atoms with Crippen LogP contribution in [-0.4, -0.2) is 30.1 Å². The zero-order valence-electron chi connectivity index (χ0n) is 20.6. The number of carbonyl (C=O) groups is 2. The van der Waals surface area contributed by atoms with Crippen molar-refractivity contribution in [3.8, 4) is 17.1 Å². The summed E-state index contributed by atoms with van der Waals surface area (Å²) in [5.74, 6) is 0.445. The van der Waals surface area contributed by atoms with Crippen molar-refractivity contribution in [3.05, 3.63) is 76.2 Å². The topological polar surface area (TPSA) is 105 Å². The normalized spacial score (nSPS) is 12.9. The fraction of sp³-hybridized carbons (Fsp3) is 0.296. The van der Waals surface area contributed by atoms with Crippen molar-refractivity contribution in [2.24, 2.45) is 0 Å². The molecule has 0 saturated carbocycles. The van der Waals surface area contributed by atoms with Crippen molar-refractivity contribution in [2.45, 2.75) is 46.6 Å². The fourth-order valence-corrected chi connectivity index (χ4v) is 3.98. The molecule has 0 saturated heterocycles. The molecule has 1 aliphatic rings. The first-order chi connectivity index (χ1) is 16.8. The maximum Gasteiger partial charge on any atom is 0.278 e. The van der Waals surface area contributed by atoms with Gasteiger partial charge in [0.2, 0.25) is 0 Å². The number of hydrogen-bond donors (Lipinski definition) is 3. The molecule has 0 unspecified atom stereocenters. The van der Waals surface area contributed by atoms with Crippen molar-refractivity contribution in [2.75, 3.05) is 12.4 Å². The molecule has 0 bridgehead atoms. The summed E-state index contributed by atoms with van der Waals surface area (Å²) in [4.78, 5) is 26.2. The highest BCUT2D eigenvalue weighted by atomic mass is 16.5. The highest BCUT2D eigenvalue weighted by Crippen LogP contribution is 2.37. The molecule has 2 amide bonds. The van der Waals surface area contributed by atoms with Crippen LogP contribution < -0.4 is 20.7 Å². The SMILES string of the molecule is CN/C(C)=C(/NC(=O)c1noc2c1CCc1cc(OC(C)C)ccc1-2)C(=O)Nc1ccc(C)cc1. The predicted molar refractivity (Wildman–Crippen MR) is 134 cm³/mol. The number of amides is 2. The Kier molecular flexibility index (Phi) is 6.91. The second-order valence-electron chi connectivity index (χ2n) is 8.85. The quantitative estimate of drug-likeness (QED) is 0.440. The number of rotatable bonds is 7. The minimum Gasteiger partial charge on any atom is -0.491 e. The van der Waals surface area contributed by atoms with Gasteiger partial charge in [-0.2, -0.15) is 0 Å². The Morgan fingerprint density at radius 1 is 1.09 bits per heavy atom. The summed E-state index contributed by atoms with van der Waals surface area (Å²) in [6.45, 7) is 7.66. The number of aryl methyl sites for hydroxylation is 2. The lowest BCUT2D eigenvalue weighted by atomic mass is 9.89. The summed E-state index contributed by atoms with van der Waals surface area (Å²) >= 11 is 0. The van der Waals surface area contributed by atoms with Gasteiger partial charge in [0.05, 0.1) is 6.10 Å². The summed E-state index contributed by atoms with van der Waals surface area (Å²) in [5, 5.41) is 12.6. The molecule has 35 heavy (non-hydrogen) atoms. The van der Waals surface area contributed by atoms with Crippen molar-refractivity contribution in [3.63, 3.8) is 0 Å². The number of anilines is 1. The molecule has 8 heteroatoms. The number of hydrogen-bond acceptors (Lipinski definition) is 6. The molecule has 0 spiro atoms. The van der Waals surface area contributed by atoms with Crippen LogP contribution in [0.3, 0.4) is 0 Å². The van der Waals surface area contributed by atoms with Crippen LogP contribution in [-0.2, 0) is 17.6 Å². The molecule has 1 heterocycles. The van der Waals surface area contributed by atoms with E-state index in [9.17, 15) is 9.59 Å².